The average Bonchev–Trinajstić information content (AvgIpc) is 2.68. The van der Waals surface area contributed by atoms with Crippen molar-refractivity contribution in [2.24, 2.45) is 0 Å². The van der Waals surface area contributed by atoms with E-state index in [9.17, 15) is 23.9 Å². The number of carboxylic acids is 1. The molecule has 1 N–H and O–H groups in total. The summed E-state index contributed by atoms with van der Waals surface area (Å²) in [6.45, 7) is 0.0768. The van der Waals surface area contributed by atoms with Crippen molar-refractivity contribution in [1.29, 1.82) is 0 Å². The van der Waals surface area contributed by atoms with Gasteiger partial charge in [0.25, 0.3) is 0 Å². The number of hydrogen-bond donors (Lipinski definition) is 1. The van der Waals surface area contributed by atoms with Gasteiger partial charge in [0.2, 0.25) is 11.8 Å². The molecule has 1 aliphatic rings. The molecule has 0 spiro atoms. The summed E-state index contributed by atoms with van der Waals surface area (Å²) in [5, 5.41) is 10.2. The molecule has 2 aromatic carbocycles. The van der Waals surface area contributed by atoms with E-state index in [2.05, 4.69) is 0 Å². The molecule has 1 atom stereocenters. The van der Waals surface area contributed by atoms with Crippen LogP contribution in [0.1, 0.15) is 17.5 Å². The Morgan fingerprint density at radius 3 is 2.47 bits per heavy atom. The van der Waals surface area contributed by atoms with Gasteiger partial charge in [0.05, 0.1) is 13.0 Å². The van der Waals surface area contributed by atoms with Gasteiger partial charge in [-0.3, -0.25) is 14.4 Å². The fourth-order valence-corrected chi connectivity index (χ4v) is 3.87. The van der Waals surface area contributed by atoms with Crippen LogP contribution in [0, 0.1) is 5.82 Å². The Morgan fingerprint density at radius 2 is 1.83 bits per heavy atom. The summed E-state index contributed by atoms with van der Waals surface area (Å²) in [6, 6.07) is 9.40. The first-order valence-corrected chi connectivity index (χ1v) is 9.98. The molecule has 2 aromatic rings. The second-order valence-corrected chi connectivity index (χ2v) is 7.85. The van der Waals surface area contributed by atoms with Crippen LogP contribution in [0.25, 0.3) is 0 Å². The van der Waals surface area contributed by atoms with Gasteiger partial charge in [-0.25, -0.2) is 4.39 Å². The summed E-state index contributed by atoms with van der Waals surface area (Å²) >= 11 is 12.1. The lowest BCUT2D eigenvalue weighted by Gasteiger charge is -2.40. The van der Waals surface area contributed by atoms with Crippen LogP contribution in [0.15, 0.2) is 42.5 Å². The fraction of sp³-hybridized carbons (Fsp3) is 0.286. The molecule has 1 aliphatic heterocycles. The van der Waals surface area contributed by atoms with E-state index in [4.69, 9.17) is 23.2 Å². The topological polar surface area (TPSA) is 77.9 Å². The molecule has 1 fully saturated rings. The standard InChI is InChI=1S/C21H19Cl2FN2O4/c22-15-4-3-14(17(23)9-15)7-8-25-12-19(27)26(18(21(25)30)10-20(28)29)11-13-1-5-16(24)6-2-13/h1-6,9,18H,7-8,10-12H2,(H,28,29). The molecule has 0 aromatic heterocycles. The molecule has 6 nitrogen and oxygen atoms in total. The van der Waals surface area contributed by atoms with Crippen LogP contribution in [0.5, 0.6) is 0 Å². The zero-order valence-corrected chi connectivity index (χ0v) is 17.4. The summed E-state index contributed by atoms with van der Waals surface area (Å²) in [5.74, 6) is -2.42. The third-order valence-corrected chi connectivity index (χ3v) is 5.51. The summed E-state index contributed by atoms with van der Waals surface area (Å²) in [4.78, 5) is 39.7. The SMILES string of the molecule is O=C(O)CC1C(=O)N(CCc2ccc(Cl)cc2Cl)CC(=O)N1Cc1ccc(F)cc1. The normalized spacial score (nSPS) is 16.8. The number of hydrogen-bond acceptors (Lipinski definition) is 3. The number of benzene rings is 2. The summed E-state index contributed by atoms with van der Waals surface area (Å²) in [6.07, 6.45) is -0.114. The minimum atomic E-state index is -1.19. The lowest BCUT2D eigenvalue weighted by molar-refractivity contribution is -0.159. The van der Waals surface area contributed by atoms with E-state index in [1.807, 2.05) is 0 Å². The molecule has 0 radical (unpaired) electrons. The van der Waals surface area contributed by atoms with Crippen LogP contribution in [0.3, 0.4) is 0 Å². The molecule has 0 saturated carbocycles. The van der Waals surface area contributed by atoms with Crippen LogP contribution < -0.4 is 0 Å². The maximum Gasteiger partial charge on any atom is 0.305 e. The quantitative estimate of drug-likeness (QED) is 0.698. The first kappa shape index (κ1) is 22.1. The van der Waals surface area contributed by atoms with E-state index in [1.54, 1.807) is 18.2 Å². The molecule has 1 heterocycles. The number of carboxylic acid groups (broad SMARTS) is 1. The van der Waals surface area contributed by atoms with Gasteiger partial charge in [-0.1, -0.05) is 41.4 Å². The molecule has 0 bridgehead atoms. The van der Waals surface area contributed by atoms with Gasteiger partial charge in [0, 0.05) is 23.1 Å². The van der Waals surface area contributed by atoms with Crippen molar-refractivity contribution in [3.05, 3.63) is 69.5 Å². The third kappa shape index (κ3) is 5.29. The number of halogens is 3. The average molecular weight is 453 g/mol. The molecule has 2 amide bonds. The van der Waals surface area contributed by atoms with E-state index < -0.39 is 30.2 Å². The summed E-state index contributed by atoms with van der Waals surface area (Å²) < 4.78 is 13.1. The number of piperazine rings is 1. The first-order chi connectivity index (χ1) is 14.2. The van der Waals surface area contributed by atoms with Crippen molar-refractivity contribution in [3.8, 4) is 0 Å². The van der Waals surface area contributed by atoms with E-state index >= 15 is 0 Å². The smallest absolute Gasteiger partial charge is 0.305 e. The number of rotatable bonds is 7. The summed E-state index contributed by atoms with van der Waals surface area (Å²) in [7, 11) is 0. The molecular weight excluding hydrogens is 434 g/mol. The highest BCUT2D eigenvalue weighted by Gasteiger charge is 2.40. The maximum atomic E-state index is 13.1. The van der Waals surface area contributed by atoms with Gasteiger partial charge >= 0.3 is 5.97 Å². The molecule has 1 saturated heterocycles. The largest absolute Gasteiger partial charge is 0.481 e. The Kier molecular flexibility index (Phi) is 6.95. The fourth-order valence-electron chi connectivity index (χ4n) is 3.37. The number of carbonyl (C=O) groups is 3. The Bertz CT molecular complexity index is 968. The predicted octanol–water partition coefficient (Wildman–Crippen LogP) is 3.39. The number of aliphatic carboxylic acids is 1. The van der Waals surface area contributed by atoms with Gasteiger partial charge in [0.15, 0.2) is 0 Å². The summed E-state index contributed by atoms with van der Waals surface area (Å²) in [5.41, 5.74) is 1.37. The molecule has 3 rings (SSSR count). The zero-order chi connectivity index (χ0) is 21.8. The highest BCUT2D eigenvalue weighted by atomic mass is 35.5. The van der Waals surface area contributed by atoms with Crippen molar-refractivity contribution in [2.45, 2.75) is 25.4 Å². The van der Waals surface area contributed by atoms with Gasteiger partial charge in [-0.2, -0.15) is 0 Å². The molecule has 0 aliphatic carbocycles. The lowest BCUT2D eigenvalue weighted by Crippen LogP contribution is -2.60. The third-order valence-electron chi connectivity index (χ3n) is 4.92. The Labute approximate surface area is 182 Å². The van der Waals surface area contributed by atoms with E-state index in [-0.39, 0.29) is 25.5 Å². The van der Waals surface area contributed by atoms with Crippen LogP contribution in [0.4, 0.5) is 4.39 Å². The van der Waals surface area contributed by atoms with Crippen molar-refractivity contribution < 1.29 is 23.9 Å². The zero-order valence-electron chi connectivity index (χ0n) is 15.9. The Morgan fingerprint density at radius 1 is 1.13 bits per heavy atom. The highest BCUT2D eigenvalue weighted by Crippen LogP contribution is 2.23. The minimum Gasteiger partial charge on any atom is -0.481 e. The number of amides is 2. The van der Waals surface area contributed by atoms with Crippen molar-refractivity contribution in [1.82, 2.24) is 9.80 Å². The molecule has 158 valence electrons. The van der Waals surface area contributed by atoms with Gasteiger partial charge in [-0.05, 0) is 41.8 Å². The molecule has 9 heteroatoms. The van der Waals surface area contributed by atoms with Gasteiger partial charge < -0.3 is 14.9 Å². The highest BCUT2D eigenvalue weighted by molar-refractivity contribution is 6.35. The maximum absolute atomic E-state index is 13.1. The second-order valence-electron chi connectivity index (χ2n) is 7.01. The molecule has 30 heavy (non-hydrogen) atoms. The van der Waals surface area contributed by atoms with Crippen LogP contribution >= 0.6 is 23.2 Å². The second kappa shape index (κ2) is 9.45. The van der Waals surface area contributed by atoms with Crippen LogP contribution in [0.2, 0.25) is 10.0 Å². The monoisotopic (exact) mass is 452 g/mol. The number of carbonyl (C=O) groups excluding carboxylic acids is 2. The van der Waals surface area contributed by atoms with Gasteiger partial charge in [0.1, 0.15) is 11.9 Å². The molecule has 1 unspecified atom stereocenters. The van der Waals surface area contributed by atoms with E-state index in [1.165, 1.54) is 34.1 Å². The number of nitrogens with zero attached hydrogens (tertiary/aromatic N) is 2. The minimum absolute atomic E-state index is 0.0274. The van der Waals surface area contributed by atoms with Crippen molar-refractivity contribution in [2.75, 3.05) is 13.1 Å². The van der Waals surface area contributed by atoms with E-state index in [0.717, 1.165) is 5.56 Å². The molecular formula is C21H19Cl2FN2O4. The Hall–Kier alpha value is -2.64. The lowest BCUT2D eigenvalue weighted by atomic mass is 10.0. The first-order valence-electron chi connectivity index (χ1n) is 9.23. The van der Waals surface area contributed by atoms with Crippen molar-refractivity contribution in [3.63, 3.8) is 0 Å². The van der Waals surface area contributed by atoms with Crippen LogP contribution in [-0.4, -0.2) is 51.8 Å². The van der Waals surface area contributed by atoms with Crippen molar-refractivity contribution >= 4 is 41.0 Å². The van der Waals surface area contributed by atoms with Crippen LogP contribution in [-0.2, 0) is 27.3 Å². The predicted molar refractivity (Wildman–Crippen MR) is 110 cm³/mol. The van der Waals surface area contributed by atoms with E-state index in [0.29, 0.717) is 22.0 Å². The Balaban J connectivity index is 1.75. The van der Waals surface area contributed by atoms with Gasteiger partial charge in [-0.15, -0.1) is 0 Å².